The maximum absolute atomic E-state index is 14.0. The summed E-state index contributed by atoms with van der Waals surface area (Å²) in [5.74, 6) is 0.106. The Morgan fingerprint density at radius 2 is 2.16 bits per heavy atom. The Labute approximate surface area is 122 Å². The molecule has 7 heteroatoms. The van der Waals surface area contributed by atoms with Crippen LogP contribution >= 0.6 is 35.2 Å². The lowest BCUT2D eigenvalue weighted by Crippen LogP contribution is -2.01. The number of benzene rings is 1. The number of halogens is 2. The van der Waals surface area contributed by atoms with Crippen LogP contribution in [0, 0.1) is 10.6 Å². The van der Waals surface area contributed by atoms with Gasteiger partial charge in [-0.2, -0.15) is 5.10 Å². The zero-order valence-corrected chi connectivity index (χ0v) is 11.8. The van der Waals surface area contributed by atoms with Crippen LogP contribution < -0.4 is 0 Å². The lowest BCUT2D eigenvalue weighted by molar-refractivity contribution is 0.618. The number of para-hydroxylation sites is 1. The summed E-state index contributed by atoms with van der Waals surface area (Å²) in [5, 5.41) is 9.03. The Morgan fingerprint density at radius 1 is 1.32 bits per heavy atom. The molecule has 19 heavy (non-hydrogen) atoms. The van der Waals surface area contributed by atoms with Gasteiger partial charge in [-0.25, -0.2) is 4.39 Å². The van der Waals surface area contributed by atoms with E-state index >= 15 is 0 Å². The second-order valence-corrected chi connectivity index (χ2v) is 5.48. The number of aromatic amines is 1. The fourth-order valence-electron chi connectivity index (χ4n) is 1.78. The van der Waals surface area contributed by atoms with Gasteiger partial charge in [-0.1, -0.05) is 23.7 Å². The minimum absolute atomic E-state index is 0.214. The molecule has 2 heterocycles. The molecule has 0 radical (unpaired) electrons. The zero-order chi connectivity index (χ0) is 13.4. The normalized spacial score (nSPS) is 10.8. The molecule has 0 aliphatic carbocycles. The van der Waals surface area contributed by atoms with Gasteiger partial charge in [0.1, 0.15) is 11.5 Å². The summed E-state index contributed by atoms with van der Waals surface area (Å²) in [6.45, 7) is 0. The molecule has 2 aromatic heterocycles. The van der Waals surface area contributed by atoms with E-state index in [2.05, 4.69) is 10.2 Å². The molecule has 0 saturated carbocycles. The first-order valence-electron chi connectivity index (χ1n) is 5.34. The summed E-state index contributed by atoms with van der Waals surface area (Å²) < 4.78 is 15.8. The summed E-state index contributed by atoms with van der Waals surface area (Å²) in [5.41, 5.74) is 0.214. The van der Waals surface area contributed by atoms with Crippen LogP contribution in [0.15, 0.2) is 35.7 Å². The van der Waals surface area contributed by atoms with E-state index in [1.165, 1.54) is 22.0 Å². The topological polar surface area (TPSA) is 33.6 Å². The molecule has 0 amide bonds. The SMILES string of the molecule is Fc1cccc(Cl)c1-n1c(-c2cccs2)n[nH]c1=S. The van der Waals surface area contributed by atoms with E-state index in [0.29, 0.717) is 10.6 Å². The average Bonchev–Trinajstić information content (AvgIpc) is 2.99. The summed E-state index contributed by atoms with van der Waals surface area (Å²) in [7, 11) is 0. The maximum Gasteiger partial charge on any atom is 0.200 e. The molecular formula is C12H7ClFN3S2. The fourth-order valence-corrected chi connectivity index (χ4v) is 2.95. The summed E-state index contributed by atoms with van der Waals surface area (Å²) in [4.78, 5) is 0.881. The number of thiophene rings is 1. The molecule has 96 valence electrons. The van der Waals surface area contributed by atoms with Gasteiger partial charge in [0.2, 0.25) is 0 Å². The van der Waals surface area contributed by atoms with Crippen molar-refractivity contribution in [1.82, 2.24) is 14.8 Å². The molecule has 0 unspecified atom stereocenters. The largest absolute Gasteiger partial charge is 0.263 e. The van der Waals surface area contributed by atoms with Crippen LogP contribution in [0.2, 0.25) is 5.02 Å². The van der Waals surface area contributed by atoms with Crippen LogP contribution in [0.3, 0.4) is 0 Å². The van der Waals surface area contributed by atoms with E-state index in [1.807, 2.05) is 17.5 Å². The lowest BCUT2D eigenvalue weighted by atomic mass is 10.3. The molecule has 0 saturated heterocycles. The molecular weight excluding hydrogens is 305 g/mol. The Hall–Kier alpha value is -1.50. The van der Waals surface area contributed by atoms with Crippen molar-refractivity contribution >= 4 is 35.2 Å². The summed E-state index contributed by atoms with van der Waals surface area (Å²) in [6, 6.07) is 8.29. The van der Waals surface area contributed by atoms with Crippen LogP contribution in [-0.2, 0) is 0 Å². The fraction of sp³-hybridized carbons (Fsp3) is 0. The van der Waals surface area contributed by atoms with Crippen LogP contribution in [0.4, 0.5) is 4.39 Å². The zero-order valence-electron chi connectivity index (χ0n) is 9.43. The van der Waals surface area contributed by atoms with Crippen molar-refractivity contribution in [3.63, 3.8) is 0 Å². The van der Waals surface area contributed by atoms with Crippen LogP contribution in [0.25, 0.3) is 16.4 Å². The highest BCUT2D eigenvalue weighted by molar-refractivity contribution is 7.71. The highest BCUT2D eigenvalue weighted by atomic mass is 35.5. The Morgan fingerprint density at radius 3 is 2.84 bits per heavy atom. The van der Waals surface area contributed by atoms with E-state index in [1.54, 1.807) is 12.1 Å². The minimum atomic E-state index is -0.442. The Balaban J connectivity index is 2.32. The molecule has 0 spiro atoms. The predicted octanol–water partition coefficient (Wildman–Crippen LogP) is 4.45. The predicted molar refractivity (Wildman–Crippen MR) is 77.0 cm³/mol. The number of aromatic nitrogens is 3. The van der Waals surface area contributed by atoms with E-state index in [4.69, 9.17) is 23.8 Å². The molecule has 3 aromatic rings. The number of nitrogens with zero attached hydrogens (tertiary/aromatic N) is 2. The van der Waals surface area contributed by atoms with Gasteiger partial charge in [0.25, 0.3) is 0 Å². The molecule has 3 nitrogen and oxygen atoms in total. The Kier molecular flexibility index (Phi) is 3.22. The van der Waals surface area contributed by atoms with Crippen molar-refractivity contribution in [2.24, 2.45) is 0 Å². The van der Waals surface area contributed by atoms with Crippen molar-refractivity contribution in [3.05, 3.63) is 51.3 Å². The average molecular weight is 312 g/mol. The first kappa shape index (κ1) is 12.5. The first-order valence-corrected chi connectivity index (χ1v) is 7.01. The minimum Gasteiger partial charge on any atom is -0.263 e. The Bertz CT molecular complexity index is 756. The number of H-pyrrole nitrogens is 1. The number of hydrogen-bond donors (Lipinski definition) is 1. The summed E-state index contributed by atoms with van der Waals surface area (Å²) in [6.07, 6.45) is 0. The van der Waals surface area contributed by atoms with E-state index in [-0.39, 0.29) is 10.7 Å². The van der Waals surface area contributed by atoms with Gasteiger partial charge >= 0.3 is 0 Å². The van der Waals surface area contributed by atoms with Crippen LogP contribution in [-0.4, -0.2) is 14.8 Å². The standard InChI is InChI=1S/C12H7ClFN3S2/c13-7-3-1-4-8(14)10(7)17-11(15-16-12(17)18)9-5-2-6-19-9/h1-6H,(H,16,18). The van der Waals surface area contributed by atoms with Gasteiger partial charge in [-0.15, -0.1) is 11.3 Å². The third kappa shape index (κ3) is 2.11. The molecule has 0 aliphatic rings. The number of nitrogens with one attached hydrogen (secondary N) is 1. The van der Waals surface area contributed by atoms with Crippen molar-refractivity contribution < 1.29 is 4.39 Å². The number of rotatable bonds is 2. The molecule has 0 aliphatic heterocycles. The van der Waals surface area contributed by atoms with Gasteiger partial charge in [-0.05, 0) is 35.8 Å². The summed E-state index contributed by atoms with van der Waals surface area (Å²) >= 11 is 12.7. The van der Waals surface area contributed by atoms with Crippen molar-refractivity contribution in [1.29, 1.82) is 0 Å². The molecule has 1 N–H and O–H groups in total. The van der Waals surface area contributed by atoms with E-state index < -0.39 is 5.82 Å². The first-order chi connectivity index (χ1) is 9.18. The third-order valence-electron chi connectivity index (χ3n) is 2.58. The quantitative estimate of drug-likeness (QED) is 0.709. The molecule has 0 fully saturated rings. The monoisotopic (exact) mass is 311 g/mol. The lowest BCUT2D eigenvalue weighted by Gasteiger charge is -2.08. The van der Waals surface area contributed by atoms with Crippen molar-refractivity contribution in [2.45, 2.75) is 0 Å². The van der Waals surface area contributed by atoms with Gasteiger partial charge in [0.15, 0.2) is 10.6 Å². The van der Waals surface area contributed by atoms with Gasteiger partial charge in [-0.3, -0.25) is 9.67 Å². The van der Waals surface area contributed by atoms with Gasteiger partial charge < -0.3 is 0 Å². The molecule has 1 aromatic carbocycles. The van der Waals surface area contributed by atoms with Gasteiger partial charge in [0.05, 0.1) is 9.90 Å². The highest BCUT2D eigenvalue weighted by Gasteiger charge is 2.17. The van der Waals surface area contributed by atoms with E-state index in [0.717, 1.165) is 4.88 Å². The van der Waals surface area contributed by atoms with Gasteiger partial charge in [0, 0.05) is 0 Å². The van der Waals surface area contributed by atoms with Crippen molar-refractivity contribution in [3.8, 4) is 16.4 Å². The molecule has 3 rings (SSSR count). The molecule has 0 atom stereocenters. The highest BCUT2D eigenvalue weighted by Crippen LogP contribution is 2.30. The maximum atomic E-state index is 14.0. The van der Waals surface area contributed by atoms with E-state index in [9.17, 15) is 4.39 Å². The van der Waals surface area contributed by atoms with Crippen LogP contribution in [0.1, 0.15) is 0 Å². The van der Waals surface area contributed by atoms with Crippen molar-refractivity contribution in [2.75, 3.05) is 0 Å². The number of hydrogen-bond acceptors (Lipinski definition) is 3. The second kappa shape index (κ2) is 4.88. The molecule has 0 bridgehead atoms. The smallest absolute Gasteiger partial charge is 0.200 e. The third-order valence-corrected chi connectivity index (χ3v) is 4.02. The van der Waals surface area contributed by atoms with Crippen LogP contribution in [0.5, 0.6) is 0 Å². The second-order valence-electron chi connectivity index (χ2n) is 3.74.